The molecule has 19 heavy (non-hydrogen) atoms. The molecule has 0 aliphatic carbocycles. The molecule has 0 aliphatic heterocycles. The van der Waals surface area contributed by atoms with E-state index >= 15 is 0 Å². The molecule has 0 saturated heterocycles. The number of hydrogen-bond acceptors (Lipinski definition) is 3. The first-order chi connectivity index (χ1) is 8.92. The molecule has 0 aliphatic rings. The summed E-state index contributed by atoms with van der Waals surface area (Å²) in [5, 5.41) is 0. The van der Waals surface area contributed by atoms with Crippen molar-refractivity contribution >= 4 is 10.1 Å². The van der Waals surface area contributed by atoms with Crippen LogP contribution < -0.4 is 4.57 Å². The van der Waals surface area contributed by atoms with Crippen LogP contribution in [0.1, 0.15) is 18.3 Å². The number of aryl methyl sites for hydroxylation is 2. The van der Waals surface area contributed by atoms with Crippen LogP contribution >= 0.6 is 0 Å². The van der Waals surface area contributed by atoms with E-state index in [2.05, 4.69) is 23.4 Å². The third-order valence-electron chi connectivity index (χ3n) is 2.50. The van der Waals surface area contributed by atoms with Gasteiger partial charge in [-0.05, 0) is 12.5 Å². The van der Waals surface area contributed by atoms with Gasteiger partial charge in [-0.3, -0.25) is 0 Å². The molecule has 1 N–H and O–H groups in total. The molecule has 0 spiro atoms. The highest BCUT2D eigenvalue weighted by Gasteiger charge is 1.98. The monoisotopic (exact) mass is 282 g/mol. The molecule has 0 radical (unpaired) electrons. The van der Waals surface area contributed by atoms with Gasteiger partial charge < -0.3 is 4.55 Å². The van der Waals surface area contributed by atoms with Gasteiger partial charge in [-0.1, -0.05) is 30.3 Å². The first-order valence-corrected chi connectivity index (χ1v) is 7.51. The second-order valence-electron chi connectivity index (χ2n) is 4.02. The zero-order valence-electron chi connectivity index (χ0n) is 11.0. The minimum Gasteiger partial charge on any atom is -0.748 e. The molecule has 1 aromatic carbocycles. The average Bonchev–Trinajstić information content (AvgIpc) is 2.74. The Morgan fingerprint density at radius 3 is 2.26 bits per heavy atom. The Kier molecular flexibility index (Phi) is 5.72. The van der Waals surface area contributed by atoms with E-state index in [1.807, 2.05) is 12.4 Å². The number of nitrogens with one attached hydrogen (secondary N) is 1. The molecular formula is C13H18N2O3S. The van der Waals surface area contributed by atoms with Crippen molar-refractivity contribution in [2.24, 2.45) is 0 Å². The third-order valence-corrected chi connectivity index (χ3v) is 3.19. The molecule has 0 unspecified atom stereocenters. The molecule has 0 fully saturated rings. The fourth-order valence-corrected chi connectivity index (χ4v) is 2.16. The van der Waals surface area contributed by atoms with Crippen LogP contribution in [-0.4, -0.2) is 18.0 Å². The third kappa shape index (κ3) is 6.17. The smallest absolute Gasteiger partial charge is 0.250 e. The van der Waals surface area contributed by atoms with Crippen molar-refractivity contribution < 1.29 is 17.5 Å². The zero-order chi connectivity index (χ0) is 14.3. The van der Waals surface area contributed by atoms with Crippen molar-refractivity contribution in [3.63, 3.8) is 0 Å². The predicted octanol–water partition coefficient (Wildman–Crippen LogP) is 1.36. The fraction of sp³-hybridized carbons (Fsp3) is 0.308. The Bertz CT molecular complexity index is 591. The highest BCUT2D eigenvalue weighted by atomic mass is 32.2. The topological polar surface area (TPSA) is 76.9 Å². The standard InChI is InChI=1S/C7H8O3S.C6H10N2/c8-11(9,10)6-7-4-2-1-3-5-7;1-3-8-5-4-7-6(8)2/h1-5H,6H2,(H,8,9,10);4-5H,3H2,1-2H3. The van der Waals surface area contributed by atoms with Gasteiger partial charge in [0, 0.05) is 6.92 Å². The van der Waals surface area contributed by atoms with Crippen LogP contribution in [-0.2, 0) is 22.4 Å². The van der Waals surface area contributed by atoms with Crippen molar-refractivity contribution in [1.82, 2.24) is 4.98 Å². The normalized spacial score (nSPS) is 10.7. The van der Waals surface area contributed by atoms with Gasteiger partial charge in [0.15, 0.2) is 0 Å². The Labute approximate surface area is 113 Å². The summed E-state index contributed by atoms with van der Waals surface area (Å²) in [6.07, 6.45) is 3.98. The second kappa shape index (κ2) is 7.06. The largest absolute Gasteiger partial charge is 0.748 e. The van der Waals surface area contributed by atoms with E-state index < -0.39 is 15.9 Å². The Hall–Kier alpha value is -1.66. The van der Waals surface area contributed by atoms with Crippen LogP contribution in [0, 0.1) is 6.92 Å². The summed E-state index contributed by atoms with van der Waals surface area (Å²) >= 11 is 0. The summed E-state index contributed by atoms with van der Waals surface area (Å²) in [5.41, 5.74) is 0.530. The summed E-state index contributed by atoms with van der Waals surface area (Å²) in [5.74, 6) is 0.792. The molecule has 2 rings (SSSR count). The Morgan fingerprint density at radius 1 is 1.26 bits per heavy atom. The quantitative estimate of drug-likeness (QED) is 0.682. The van der Waals surface area contributed by atoms with Crippen molar-refractivity contribution in [2.75, 3.05) is 0 Å². The van der Waals surface area contributed by atoms with E-state index in [0.29, 0.717) is 5.56 Å². The van der Waals surface area contributed by atoms with Gasteiger partial charge in [-0.15, -0.1) is 0 Å². The van der Waals surface area contributed by atoms with E-state index in [1.54, 1.807) is 30.3 Å². The van der Waals surface area contributed by atoms with Gasteiger partial charge >= 0.3 is 0 Å². The van der Waals surface area contributed by atoms with Crippen LogP contribution in [0.2, 0.25) is 0 Å². The lowest BCUT2D eigenvalue weighted by molar-refractivity contribution is -0.698. The van der Waals surface area contributed by atoms with E-state index in [0.717, 1.165) is 6.54 Å². The van der Waals surface area contributed by atoms with E-state index in [9.17, 15) is 13.0 Å². The van der Waals surface area contributed by atoms with Crippen molar-refractivity contribution in [3.8, 4) is 0 Å². The predicted molar refractivity (Wildman–Crippen MR) is 71.2 cm³/mol. The lowest BCUT2D eigenvalue weighted by Gasteiger charge is -2.05. The van der Waals surface area contributed by atoms with Crippen LogP contribution in [0.3, 0.4) is 0 Å². The summed E-state index contributed by atoms with van der Waals surface area (Å²) < 4.78 is 32.9. The number of aromatic nitrogens is 2. The van der Waals surface area contributed by atoms with Gasteiger partial charge in [0.05, 0.1) is 22.4 Å². The first kappa shape index (κ1) is 15.4. The highest BCUT2D eigenvalue weighted by Crippen LogP contribution is 2.02. The summed E-state index contributed by atoms with van der Waals surface area (Å²) in [4.78, 5) is 3.08. The van der Waals surface area contributed by atoms with E-state index in [-0.39, 0.29) is 0 Å². The Morgan fingerprint density at radius 2 is 1.89 bits per heavy atom. The lowest BCUT2D eigenvalue weighted by Crippen LogP contribution is -2.32. The maximum Gasteiger partial charge on any atom is 0.250 e. The summed E-state index contributed by atoms with van der Waals surface area (Å²) in [6, 6.07) is 8.37. The SMILES string of the molecule is CC[n+]1cc[nH]c1C.O=S(=O)([O-])Cc1ccccc1. The molecule has 6 heteroatoms. The van der Waals surface area contributed by atoms with Gasteiger partial charge in [0.1, 0.15) is 12.4 Å². The van der Waals surface area contributed by atoms with E-state index in [4.69, 9.17) is 0 Å². The molecule has 2 aromatic rings. The van der Waals surface area contributed by atoms with Crippen LogP contribution in [0.25, 0.3) is 0 Å². The number of nitrogens with zero attached hydrogens (tertiary/aromatic N) is 1. The van der Waals surface area contributed by atoms with Crippen LogP contribution in [0.5, 0.6) is 0 Å². The van der Waals surface area contributed by atoms with Gasteiger partial charge in [0.25, 0.3) is 5.82 Å². The maximum atomic E-state index is 10.2. The number of hydrogen-bond donors (Lipinski definition) is 1. The number of aromatic amines is 1. The molecule has 1 heterocycles. The van der Waals surface area contributed by atoms with Crippen molar-refractivity contribution in [2.45, 2.75) is 26.1 Å². The van der Waals surface area contributed by atoms with Crippen molar-refractivity contribution in [3.05, 3.63) is 54.1 Å². The number of rotatable bonds is 3. The number of H-pyrrole nitrogens is 1. The molecule has 0 amide bonds. The zero-order valence-corrected chi connectivity index (χ0v) is 11.9. The average molecular weight is 282 g/mol. The Balaban J connectivity index is 0.000000200. The summed E-state index contributed by atoms with van der Waals surface area (Å²) in [7, 11) is -4.13. The molecular weight excluding hydrogens is 264 g/mol. The molecule has 0 atom stereocenters. The molecule has 1 aromatic heterocycles. The van der Waals surface area contributed by atoms with Gasteiger partial charge in [0.2, 0.25) is 0 Å². The lowest BCUT2D eigenvalue weighted by atomic mass is 10.2. The van der Waals surface area contributed by atoms with Gasteiger partial charge in [-0.2, -0.15) is 0 Å². The molecule has 0 bridgehead atoms. The number of benzene rings is 1. The van der Waals surface area contributed by atoms with Gasteiger partial charge in [-0.25, -0.2) is 18.0 Å². The fourth-order valence-electron chi connectivity index (χ4n) is 1.56. The molecule has 0 saturated carbocycles. The highest BCUT2D eigenvalue weighted by molar-refractivity contribution is 7.84. The van der Waals surface area contributed by atoms with Crippen molar-refractivity contribution in [1.29, 1.82) is 0 Å². The minimum atomic E-state index is -4.13. The van der Waals surface area contributed by atoms with E-state index in [1.165, 1.54) is 5.82 Å². The number of imidazole rings is 1. The first-order valence-electron chi connectivity index (χ1n) is 5.93. The summed E-state index contributed by atoms with van der Waals surface area (Å²) in [6.45, 7) is 5.24. The maximum absolute atomic E-state index is 10.2. The minimum absolute atomic E-state index is 0.423. The molecule has 5 nitrogen and oxygen atoms in total. The van der Waals surface area contributed by atoms with Crippen LogP contribution in [0.4, 0.5) is 0 Å². The second-order valence-corrected chi connectivity index (χ2v) is 5.42. The van der Waals surface area contributed by atoms with Crippen LogP contribution in [0.15, 0.2) is 42.7 Å². The molecule has 104 valence electrons.